The molecule has 0 aliphatic carbocycles. The molecule has 6 heteroatoms. The molecule has 0 spiro atoms. The molecular formula is C11H9F2N3S. The Morgan fingerprint density at radius 3 is 2.53 bits per heavy atom. The standard InChI is InChI=1S/C11H9F2N3S/c12-10(13)9-8(6-15-11(14)16-9)17-7-4-2-1-3-5-7/h1-6,10H,(H2,14,15,16). The number of nitrogens with zero attached hydrogens (tertiary/aromatic N) is 2. The highest BCUT2D eigenvalue weighted by Crippen LogP contribution is 2.33. The predicted octanol–water partition coefficient (Wildman–Crippen LogP) is 3.15. The van der Waals surface area contributed by atoms with E-state index in [-0.39, 0.29) is 11.6 Å². The van der Waals surface area contributed by atoms with E-state index in [1.807, 2.05) is 30.3 Å². The number of nitrogen functional groups attached to an aromatic ring is 1. The molecule has 0 amide bonds. The van der Waals surface area contributed by atoms with Gasteiger partial charge in [-0.2, -0.15) is 0 Å². The Bertz CT molecular complexity index is 505. The van der Waals surface area contributed by atoms with E-state index in [4.69, 9.17) is 5.73 Å². The molecule has 0 unspecified atom stereocenters. The molecule has 0 fully saturated rings. The van der Waals surface area contributed by atoms with E-state index in [2.05, 4.69) is 9.97 Å². The smallest absolute Gasteiger partial charge is 0.281 e. The van der Waals surface area contributed by atoms with E-state index in [9.17, 15) is 8.78 Å². The van der Waals surface area contributed by atoms with Crippen molar-refractivity contribution in [2.24, 2.45) is 0 Å². The number of anilines is 1. The fourth-order valence-electron chi connectivity index (χ4n) is 1.25. The van der Waals surface area contributed by atoms with Crippen LogP contribution in [0, 0.1) is 0 Å². The molecule has 0 radical (unpaired) electrons. The van der Waals surface area contributed by atoms with E-state index in [0.29, 0.717) is 4.90 Å². The molecule has 0 bridgehead atoms. The lowest BCUT2D eigenvalue weighted by Gasteiger charge is -2.07. The van der Waals surface area contributed by atoms with Gasteiger partial charge >= 0.3 is 0 Å². The van der Waals surface area contributed by atoms with Crippen molar-refractivity contribution in [2.45, 2.75) is 16.2 Å². The van der Waals surface area contributed by atoms with Gasteiger partial charge in [-0.25, -0.2) is 18.7 Å². The summed E-state index contributed by atoms with van der Waals surface area (Å²) >= 11 is 1.19. The minimum Gasteiger partial charge on any atom is -0.368 e. The van der Waals surface area contributed by atoms with Crippen LogP contribution in [0.15, 0.2) is 46.3 Å². The number of nitrogens with two attached hydrogens (primary N) is 1. The van der Waals surface area contributed by atoms with Gasteiger partial charge in [-0.1, -0.05) is 30.0 Å². The van der Waals surface area contributed by atoms with Gasteiger partial charge in [-0.3, -0.25) is 0 Å². The molecule has 3 nitrogen and oxygen atoms in total. The van der Waals surface area contributed by atoms with E-state index in [1.165, 1.54) is 18.0 Å². The van der Waals surface area contributed by atoms with Gasteiger partial charge in [0, 0.05) is 11.1 Å². The lowest BCUT2D eigenvalue weighted by molar-refractivity contribution is 0.142. The summed E-state index contributed by atoms with van der Waals surface area (Å²) in [5, 5.41) is 0. The van der Waals surface area contributed by atoms with Crippen LogP contribution in [0.5, 0.6) is 0 Å². The summed E-state index contributed by atoms with van der Waals surface area (Å²) in [5.74, 6) is -0.141. The molecule has 0 saturated carbocycles. The molecule has 0 atom stereocenters. The largest absolute Gasteiger partial charge is 0.368 e. The Morgan fingerprint density at radius 2 is 1.88 bits per heavy atom. The first-order chi connectivity index (χ1) is 8.16. The second-order valence-corrected chi connectivity index (χ2v) is 4.31. The van der Waals surface area contributed by atoms with Gasteiger partial charge in [0.15, 0.2) is 0 Å². The summed E-state index contributed by atoms with van der Waals surface area (Å²) in [7, 11) is 0. The van der Waals surface area contributed by atoms with Crippen molar-refractivity contribution in [3.05, 3.63) is 42.2 Å². The zero-order chi connectivity index (χ0) is 12.3. The number of rotatable bonds is 3. The number of hydrogen-bond donors (Lipinski definition) is 1. The summed E-state index contributed by atoms with van der Waals surface area (Å²) in [6.45, 7) is 0. The Hall–Kier alpha value is -1.69. The highest BCUT2D eigenvalue weighted by Gasteiger charge is 2.16. The average Bonchev–Trinajstić information content (AvgIpc) is 2.32. The minimum absolute atomic E-state index is 0.141. The van der Waals surface area contributed by atoms with Crippen molar-refractivity contribution in [2.75, 3.05) is 5.73 Å². The van der Waals surface area contributed by atoms with Gasteiger partial charge < -0.3 is 5.73 Å². The molecule has 0 aliphatic heterocycles. The van der Waals surface area contributed by atoms with Crippen LogP contribution < -0.4 is 5.73 Å². The van der Waals surface area contributed by atoms with E-state index < -0.39 is 6.43 Å². The molecule has 2 N–H and O–H groups in total. The zero-order valence-electron chi connectivity index (χ0n) is 8.68. The van der Waals surface area contributed by atoms with Gasteiger partial charge in [0.2, 0.25) is 5.95 Å². The first kappa shape index (κ1) is 11.8. The number of hydrogen-bond acceptors (Lipinski definition) is 4. The van der Waals surface area contributed by atoms with Crippen LogP contribution in [-0.4, -0.2) is 9.97 Å². The van der Waals surface area contributed by atoms with Gasteiger partial charge in [-0.15, -0.1) is 0 Å². The van der Waals surface area contributed by atoms with Crippen LogP contribution >= 0.6 is 11.8 Å². The van der Waals surface area contributed by atoms with Crippen LogP contribution in [0.2, 0.25) is 0 Å². The quantitative estimate of drug-likeness (QED) is 0.913. The fourth-order valence-corrected chi connectivity index (χ4v) is 2.14. The molecule has 1 aromatic carbocycles. The molecule has 0 saturated heterocycles. The Morgan fingerprint density at radius 1 is 1.18 bits per heavy atom. The van der Waals surface area contributed by atoms with Crippen molar-refractivity contribution in [1.82, 2.24) is 9.97 Å². The number of aromatic nitrogens is 2. The highest BCUT2D eigenvalue weighted by molar-refractivity contribution is 7.99. The van der Waals surface area contributed by atoms with Crippen molar-refractivity contribution in [3.63, 3.8) is 0 Å². The first-order valence-corrected chi connectivity index (χ1v) is 5.62. The summed E-state index contributed by atoms with van der Waals surface area (Å²) in [5.41, 5.74) is 4.97. The summed E-state index contributed by atoms with van der Waals surface area (Å²) in [4.78, 5) is 8.47. The molecule has 17 heavy (non-hydrogen) atoms. The van der Waals surface area contributed by atoms with Crippen molar-refractivity contribution < 1.29 is 8.78 Å². The van der Waals surface area contributed by atoms with Crippen LogP contribution in [0.1, 0.15) is 12.1 Å². The zero-order valence-corrected chi connectivity index (χ0v) is 9.49. The fraction of sp³-hybridized carbons (Fsp3) is 0.0909. The summed E-state index contributed by atoms with van der Waals surface area (Å²) in [6, 6.07) is 9.19. The van der Waals surface area contributed by atoms with Gasteiger partial charge in [0.05, 0.1) is 4.90 Å². The van der Waals surface area contributed by atoms with Crippen molar-refractivity contribution in [1.29, 1.82) is 0 Å². The van der Waals surface area contributed by atoms with Crippen molar-refractivity contribution >= 4 is 17.7 Å². The summed E-state index contributed by atoms with van der Waals surface area (Å²) in [6.07, 6.45) is -1.34. The molecule has 1 aromatic heterocycles. The normalized spacial score (nSPS) is 10.8. The Balaban J connectivity index is 2.33. The van der Waals surface area contributed by atoms with Crippen LogP contribution in [0.3, 0.4) is 0 Å². The number of alkyl halides is 2. The van der Waals surface area contributed by atoms with Crippen molar-refractivity contribution in [3.8, 4) is 0 Å². The SMILES string of the molecule is Nc1ncc(Sc2ccccc2)c(C(F)F)n1. The highest BCUT2D eigenvalue weighted by atomic mass is 32.2. The van der Waals surface area contributed by atoms with E-state index >= 15 is 0 Å². The van der Waals surface area contributed by atoms with Crippen LogP contribution in [-0.2, 0) is 0 Å². The number of halogens is 2. The van der Waals surface area contributed by atoms with E-state index in [0.717, 1.165) is 4.90 Å². The Kier molecular flexibility index (Phi) is 3.53. The lowest BCUT2D eigenvalue weighted by atomic mass is 10.4. The van der Waals surface area contributed by atoms with Gasteiger partial charge in [0.25, 0.3) is 6.43 Å². The third-order valence-corrected chi connectivity index (χ3v) is 3.02. The molecular weight excluding hydrogens is 244 g/mol. The molecule has 2 rings (SSSR count). The van der Waals surface area contributed by atoms with Crippen LogP contribution in [0.4, 0.5) is 14.7 Å². The van der Waals surface area contributed by atoms with Gasteiger partial charge in [-0.05, 0) is 12.1 Å². The lowest BCUT2D eigenvalue weighted by Crippen LogP contribution is -2.01. The molecule has 1 heterocycles. The van der Waals surface area contributed by atoms with Crippen LogP contribution in [0.25, 0.3) is 0 Å². The Labute approximate surface area is 101 Å². The molecule has 2 aromatic rings. The first-order valence-electron chi connectivity index (χ1n) is 4.80. The maximum Gasteiger partial charge on any atom is 0.281 e. The minimum atomic E-state index is -2.66. The average molecular weight is 253 g/mol. The van der Waals surface area contributed by atoms with E-state index in [1.54, 1.807) is 0 Å². The summed E-state index contributed by atoms with van der Waals surface area (Å²) < 4.78 is 25.5. The second-order valence-electron chi connectivity index (χ2n) is 3.19. The monoisotopic (exact) mass is 253 g/mol. The molecule has 88 valence electrons. The third kappa shape index (κ3) is 2.91. The van der Waals surface area contributed by atoms with Gasteiger partial charge in [0.1, 0.15) is 5.69 Å². The number of benzene rings is 1. The third-order valence-electron chi connectivity index (χ3n) is 1.98. The maximum atomic E-state index is 12.8. The maximum absolute atomic E-state index is 12.8. The molecule has 0 aliphatic rings. The topological polar surface area (TPSA) is 51.8 Å². The second kappa shape index (κ2) is 5.09. The predicted molar refractivity (Wildman–Crippen MR) is 62.0 cm³/mol.